The molecule has 1 aliphatic rings. The summed E-state index contributed by atoms with van der Waals surface area (Å²) in [7, 11) is 0. The van der Waals surface area contributed by atoms with Crippen molar-refractivity contribution in [3.05, 3.63) is 69.4 Å². The lowest BCUT2D eigenvalue weighted by atomic mass is 9.77. The van der Waals surface area contributed by atoms with Crippen molar-refractivity contribution in [1.29, 1.82) is 0 Å². The number of rotatable bonds is 2. The van der Waals surface area contributed by atoms with Gasteiger partial charge in [0.05, 0.1) is 5.60 Å². The first kappa shape index (κ1) is 13.8. The summed E-state index contributed by atoms with van der Waals surface area (Å²) in [6.45, 7) is 0. The fraction of sp³-hybridized carbons (Fsp3) is 0.294. The molecule has 1 N–H and O–H groups in total. The Morgan fingerprint density at radius 3 is 2.70 bits per heavy atom. The second kappa shape index (κ2) is 5.30. The molecule has 2 aromatic rings. The van der Waals surface area contributed by atoms with Crippen LogP contribution in [0.15, 0.2) is 46.9 Å². The minimum Gasteiger partial charge on any atom is -0.389 e. The molecule has 3 rings (SSSR count). The van der Waals surface area contributed by atoms with Gasteiger partial charge in [0.1, 0.15) is 5.82 Å². The zero-order valence-electron chi connectivity index (χ0n) is 11.1. The van der Waals surface area contributed by atoms with E-state index in [4.69, 9.17) is 0 Å². The Bertz CT molecular complexity index is 641. The van der Waals surface area contributed by atoms with Crippen LogP contribution >= 0.6 is 15.9 Å². The average molecular weight is 335 g/mol. The first-order chi connectivity index (χ1) is 9.56. The number of hydrogen-bond donors (Lipinski definition) is 1. The topological polar surface area (TPSA) is 20.2 Å². The smallest absolute Gasteiger partial charge is 0.123 e. The third-order valence-corrected chi connectivity index (χ3v) is 4.80. The van der Waals surface area contributed by atoms with Crippen LogP contribution in [0.1, 0.15) is 23.1 Å². The molecule has 0 saturated heterocycles. The van der Waals surface area contributed by atoms with Gasteiger partial charge in [-0.15, -0.1) is 0 Å². The number of halogens is 2. The lowest BCUT2D eigenvalue weighted by Gasteiger charge is -2.34. The highest BCUT2D eigenvalue weighted by molar-refractivity contribution is 9.10. The van der Waals surface area contributed by atoms with Crippen LogP contribution in [0, 0.1) is 5.82 Å². The summed E-state index contributed by atoms with van der Waals surface area (Å²) in [5.74, 6) is -0.261. The van der Waals surface area contributed by atoms with Gasteiger partial charge in [0.25, 0.3) is 0 Å². The number of fused-ring (bicyclic) bond motifs is 1. The molecule has 20 heavy (non-hydrogen) atoms. The van der Waals surface area contributed by atoms with Crippen molar-refractivity contribution in [3.63, 3.8) is 0 Å². The van der Waals surface area contributed by atoms with Crippen molar-refractivity contribution in [1.82, 2.24) is 0 Å². The van der Waals surface area contributed by atoms with Gasteiger partial charge in [0.15, 0.2) is 0 Å². The maximum absolute atomic E-state index is 13.4. The molecule has 0 bridgehead atoms. The van der Waals surface area contributed by atoms with Crippen molar-refractivity contribution < 1.29 is 9.50 Å². The predicted octanol–water partition coefficient (Wildman–Crippen LogP) is 4.05. The van der Waals surface area contributed by atoms with Gasteiger partial charge in [-0.2, -0.15) is 0 Å². The number of aryl methyl sites for hydroxylation is 1. The van der Waals surface area contributed by atoms with E-state index in [0.29, 0.717) is 19.3 Å². The summed E-state index contributed by atoms with van der Waals surface area (Å²) in [6.07, 6.45) is 2.69. The molecule has 1 unspecified atom stereocenters. The van der Waals surface area contributed by atoms with E-state index in [1.165, 1.54) is 23.3 Å². The molecular weight excluding hydrogens is 319 g/mol. The molecule has 1 atom stereocenters. The van der Waals surface area contributed by atoms with Gasteiger partial charge in [-0.1, -0.05) is 40.2 Å². The summed E-state index contributed by atoms with van der Waals surface area (Å²) in [5, 5.41) is 10.8. The largest absolute Gasteiger partial charge is 0.389 e. The summed E-state index contributed by atoms with van der Waals surface area (Å²) >= 11 is 3.44. The molecule has 1 nitrogen and oxygen atoms in total. The fourth-order valence-electron chi connectivity index (χ4n) is 2.97. The van der Waals surface area contributed by atoms with Gasteiger partial charge in [-0.25, -0.2) is 4.39 Å². The van der Waals surface area contributed by atoms with Gasteiger partial charge in [-0.3, -0.25) is 0 Å². The standard InChI is InChI=1S/C17H16BrFO/c18-16-6-5-15(19)9-14(16)11-17(20)8-7-12-3-1-2-4-13(12)10-17/h1-6,9,20H,7-8,10-11H2. The SMILES string of the molecule is OC1(Cc2cc(F)ccc2Br)CCc2ccccc2C1. The maximum Gasteiger partial charge on any atom is 0.123 e. The normalized spacial score (nSPS) is 21.6. The molecule has 0 saturated carbocycles. The first-order valence-corrected chi connectivity index (χ1v) is 7.58. The summed E-state index contributed by atoms with van der Waals surface area (Å²) < 4.78 is 14.2. The Kier molecular flexibility index (Phi) is 3.65. The number of hydrogen-bond acceptors (Lipinski definition) is 1. The second-order valence-electron chi connectivity index (χ2n) is 5.58. The van der Waals surface area contributed by atoms with E-state index in [0.717, 1.165) is 16.5 Å². The van der Waals surface area contributed by atoms with E-state index in [2.05, 4.69) is 28.1 Å². The zero-order chi connectivity index (χ0) is 14.2. The Labute approximate surface area is 126 Å². The molecule has 0 amide bonds. The van der Waals surface area contributed by atoms with Gasteiger partial charge < -0.3 is 5.11 Å². The van der Waals surface area contributed by atoms with Crippen molar-refractivity contribution in [3.8, 4) is 0 Å². The van der Waals surface area contributed by atoms with Crippen LogP contribution in [-0.2, 0) is 19.3 Å². The highest BCUT2D eigenvalue weighted by Crippen LogP contribution is 2.33. The lowest BCUT2D eigenvalue weighted by molar-refractivity contribution is 0.0265. The van der Waals surface area contributed by atoms with E-state index >= 15 is 0 Å². The molecule has 104 valence electrons. The quantitative estimate of drug-likeness (QED) is 0.878. The van der Waals surface area contributed by atoms with Crippen LogP contribution in [0.5, 0.6) is 0 Å². The molecule has 0 radical (unpaired) electrons. The minimum atomic E-state index is -0.787. The molecule has 0 spiro atoms. The van der Waals surface area contributed by atoms with E-state index in [-0.39, 0.29) is 5.82 Å². The third-order valence-electron chi connectivity index (χ3n) is 4.02. The Balaban J connectivity index is 1.86. The van der Waals surface area contributed by atoms with Gasteiger partial charge in [0, 0.05) is 17.3 Å². The highest BCUT2D eigenvalue weighted by atomic mass is 79.9. The first-order valence-electron chi connectivity index (χ1n) is 6.79. The van der Waals surface area contributed by atoms with E-state index in [1.54, 1.807) is 6.07 Å². The molecule has 0 aromatic heterocycles. The molecule has 3 heteroatoms. The number of aliphatic hydroxyl groups is 1. The monoisotopic (exact) mass is 334 g/mol. The third kappa shape index (κ3) is 2.79. The fourth-order valence-corrected chi connectivity index (χ4v) is 3.36. The van der Waals surface area contributed by atoms with E-state index in [9.17, 15) is 9.50 Å². The Hall–Kier alpha value is -1.19. The van der Waals surface area contributed by atoms with Crippen molar-refractivity contribution in [2.45, 2.75) is 31.3 Å². The van der Waals surface area contributed by atoms with Gasteiger partial charge >= 0.3 is 0 Å². The van der Waals surface area contributed by atoms with Crippen LogP contribution in [0.2, 0.25) is 0 Å². The molecule has 0 fully saturated rings. The molecular formula is C17H16BrFO. The van der Waals surface area contributed by atoms with Crippen molar-refractivity contribution in [2.75, 3.05) is 0 Å². The van der Waals surface area contributed by atoms with Crippen LogP contribution in [-0.4, -0.2) is 10.7 Å². The zero-order valence-corrected chi connectivity index (χ0v) is 12.7. The molecule has 1 aliphatic carbocycles. The van der Waals surface area contributed by atoms with Crippen LogP contribution in [0.4, 0.5) is 4.39 Å². The number of benzene rings is 2. The Morgan fingerprint density at radius 2 is 1.90 bits per heavy atom. The van der Waals surface area contributed by atoms with E-state index in [1.807, 2.05) is 12.1 Å². The molecule has 0 aliphatic heterocycles. The average Bonchev–Trinajstić information content (AvgIpc) is 2.42. The van der Waals surface area contributed by atoms with Gasteiger partial charge in [0.2, 0.25) is 0 Å². The van der Waals surface area contributed by atoms with Crippen molar-refractivity contribution in [2.24, 2.45) is 0 Å². The molecule has 2 aromatic carbocycles. The van der Waals surface area contributed by atoms with Crippen LogP contribution in [0.3, 0.4) is 0 Å². The summed E-state index contributed by atoms with van der Waals surface area (Å²) in [4.78, 5) is 0. The lowest BCUT2D eigenvalue weighted by Crippen LogP contribution is -2.38. The summed E-state index contributed by atoms with van der Waals surface area (Å²) in [6, 6.07) is 12.9. The predicted molar refractivity (Wildman–Crippen MR) is 81.2 cm³/mol. The van der Waals surface area contributed by atoms with Crippen molar-refractivity contribution >= 4 is 15.9 Å². The van der Waals surface area contributed by atoms with Crippen LogP contribution in [0.25, 0.3) is 0 Å². The van der Waals surface area contributed by atoms with Crippen LogP contribution < -0.4 is 0 Å². The maximum atomic E-state index is 13.4. The minimum absolute atomic E-state index is 0.261. The molecule has 0 heterocycles. The summed E-state index contributed by atoms with van der Waals surface area (Å²) in [5.41, 5.74) is 2.56. The highest BCUT2D eigenvalue weighted by Gasteiger charge is 2.32. The van der Waals surface area contributed by atoms with E-state index < -0.39 is 5.60 Å². The Morgan fingerprint density at radius 1 is 1.15 bits per heavy atom. The van der Waals surface area contributed by atoms with Gasteiger partial charge in [-0.05, 0) is 47.7 Å². The second-order valence-corrected chi connectivity index (χ2v) is 6.44.